The summed E-state index contributed by atoms with van der Waals surface area (Å²) in [7, 11) is 0. The molecule has 92 heavy (non-hydrogen) atoms. The van der Waals surface area contributed by atoms with E-state index in [4.69, 9.17) is 0 Å². The van der Waals surface area contributed by atoms with Gasteiger partial charge in [0, 0.05) is 16.5 Å². The van der Waals surface area contributed by atoms with Crippen molar-refractivity contribution < 1.29 is 0 Å². The molecule has 1 nitrogen and oxygen atoms in total. The van der Waals surface area contributed by atoms with E-state index >= 15 is 0 Å². The first-order chi connectivity index (χ1) is 45.6. The Labute approximate surface area is 533 Å². The summed E-state index contributed by atoms with van der Waals surface area (Å²) in [6.07, 6.45) is 0.882. The van der Waals surface area contributed by atoms with Crippen LogP contribution in [0.25, 0.3) is 181 Å². The summed E-state index contributed by atoms with van der Waals surface area (Å²) in [6, 6.07) is 125. The normalized spacial score (nSPS) is 12.1. The van der Waals surface area contributed by atoms with E-state index in [2.05, 4.69) is 338 Å². The van der Waals surface area contributed by atoms with E-state index in [-0.39, 0.29) is 0 Å². The Morgan fingerprint density at radius 2 is 0.467 bits per heavy atom. The minimum Gasteiger partial charge on any atom is -0.309 e. The minimum absolute atomic E-state index is 0.882. The van der Waals surface area contributed by atoms with Gasteiger partial charge in [0.05, 0.1) is 11.0 Å². The Balaban J connectivity index is 0.669. The van der Waals surface area contributed by atoms with Gasteiger partial charge in [0.15, 0.2) is 0 Å². The Hall–Kier alpha value is -11.9. The highest BCUT2D eigenvalue weighted by molar-refractivity contribution is 6.17. The van der Waals surface area contributed by atoms with Crippen LogP contribution in [0.4, 0.5) is 0 Å². The van der Waals surface area contributed by atoms with Crippen molar-refractivity contribution in [3.63, 3.8) is 0 Å². The Kier molecular flexibility index (Phi) is 11.8. The van der Waals surface area contributed by atoms with Crippen LogP contribution in [0.3, 0.4) is 0 Å². The second-order valence-electron chi connectivity index (χ2n) is 25.1. The lowest BCUT2D eigenvalue weighted by atomic mass is 9.92. The molecule has 1 heteroatoms. The summed E-state index contributed by atoms with van der Waals surface area (Å²) >= 11 is 0. The summed E-state index contributed by atoms with van der Waals surface area (Å²) in [5.41, 5.74) is 26.0. The van der Waals surface area contributed by atoms with Gasteiger partial charge in [0.25, 0.3) is 0 Å². The maximum Gasteiger partial charge on any atom is 0.0541 e. The van der Waals surface area contributed by atoms with Crippen LogP contribution in [0.1, 0.15) is 11.1 Å². The fourth-order valence-electron chi connectivity index (χ4n) is 15.4. The van der Waals surface area contributed by atoms with Gasteiger partial charge < -0.3 is 4.57 Å². The molecule has 0 radical (unpaired) electrons. The SMILES string of the molecule is c1ccc2c(c1)cc(-c1ccc(-c3ccc(-c4ccc5c(c4)c4cc(-c6ccc(-c7ccc(-c8cc9ccccc9c9ccccc89)cc7)cc6)ccc4n5-c4ccc5c(c4)Cc4cc(-c6cc7ccccc7c7ccccc67)ccc4-5)cc3)cc1)c1ccccc12. The molecule has 1 aliphatic rings. The number of aromatic nitrogens is 1. The molecule has 1 aromatic heterocycles. The van der Waals surface area contributed by atoms with E-state index < -0.39 is 0 Å². The third kappa shape index (κ3) is 8.47. The van der Waals surface area contributed by atoms with Crippen molar-refractivity contribution in [1.82, 2.24) is 4.57 Å². The molecule has 426 valence electrons. The van der Waals surface area contributed by atoms with Gasteiger partial charge in [-0.3, -0.25) is 0 Å². The van der Waals surface area contributed by atoms with Crippen molar-refractivity contribution >= 4 is 86.4 Å². The number of nitrogens with zero attached hydrogens (tertiary/aromatic N) is 1. The summed E-state index contributed by atoms with van der Waals surface area (Å²) in [4.78, 5) is 0. The van der Waals surface area contributed by atoms with E-state index in [0.29, 0.717) is 0 Å². The van der Waals surface area contributed by atoms with Crippen LogP contribution in [0.5, 0.6) is 0 Å². The van der Waals surface area contributed by atoms with Gasteiger partial charge in [0.2, 0.25) is 0 Å². The van der Waals surface area contributed by atoms with Crippen LogP contribution in [-0.2, 0) is 6.42 Å². The van der Waals surface area contributed by atoms with Gasteiger partial charge in [-0.05, 0) is 226 Å². The monoisotopic (exact) mass is 1160 g/mol. The molecular formula is C91H57N. The molecule has 17 aromatic carbocycles. The Morgan fingerprint density at radius 3 is 0.870 bits per heavy atom. The first kappa shape index (κ1) is 52.1. The lowest BCUT2D eigenvalue weighted by Gasteiger charge is -2.12. The van der Waals surface area contributed by atoms with Crippen molar-refractivity contribution in [3.05, 3.63) is 345 Å². The highest BCUT2D eigenvalue weighted by Gasteiger charge is 2.23. The molecule has 0 unspecified atom stereocenters. The number of benzene rings is 17. The van der Waals surface area contributed by atoms with Gasteiger partial charge in [-0.1, -0.05) is 279 Å². The minimum atomic E-state index is 0.882. The zero-order valence-electron chi connectivity index (χ0n) is 50.4. The third-order valence-corrected chi connectivity index (χ3v) is 20.0. The van der Waals surface area contributed by atoms with E-state index in [1.807, 2.05) is 0 Å². The first-order valence-corrected chi connectivity index (χ1v) is 32.1. The maximum absolute atomic E-state index is 2.50. The van der Waals surface area contributed by atoms with Crippen LogP contribution in [0.2, 0.25) is 0 Å². The summed E-state index contributed by atoms with van der Waals surface area (Å²) in [5.74, 6) is 0. The molecular weight excluding hydrogens is 1110 g/mol. The number of hydrogen-bond donors (Lipinski definition) is 0. The summed E-state index contributed by atoms with van der Waals surface area (Å²) in [5, 5.41) is 17.8. The fraction of sp³-hybridized carbons (Fsp3) is 0.0110. The predicted molar refractivity (Wildman–Crippen MR) is 392 cm³/mol. The standard InChI is InChI=1S/C91H57N/c1-4-16-74-67(13-1)54-85(82-22-10-7-19-79(74)82)63-37-33-59(34-38-63)57-25-29-61(30-26-57)65-42-47-90-88(52-65)89-53-66(62-31-27-58(28-32-62)60-35-39-64(40-36-60)86-55-68-14-2-5-17-75(68)80-20-8-11-23-83(80)86)43-48-91(89)92(90)73-44-46-78-72(51-73)50-71-49-70(41-45-77(71)78)87-56-69-15-3-6-18-76(69)81-21-9-12-24-84(81)87/h1-49,51-56H,50H2. The quantitative estimate of drug-likeness (QED) is 0.134. The smallest absolute Gasteiger partial charge is 0.0541 e. The topological polar surface area (TPSA) is 4.93 Å². The lowest BCUT2D eigenvalue weighted by Crippen LogP contribution is -1.95. The number of rotatable bonds is 8. The zero-order valence-corrected chi connectivity index (χ0v) is 50.4. The first-order valence-electron chi connectivity index (χ1n) is 32.1. The van der Waals surface area contributed by atoms with E-state index in [1.54, 1.807) is 0 Å². The highest BCUT2D eigenvalue weighted by Crippen LogP contribution is 2.45. The third-order valence-electron chi connectivity index (χ3n) is 20.0. The molecule has 18 aromatic rings. The largest absolute Gasteiger partial charge is 0.309 e. The summed E-state index contributed by atoms with van der Waals surface area (Å²) in [6.45, 7) is 0. The highest BCUT2D eigenvalue weighted by atomic mass is 15.0. The Bertz CT molecular complexity index is 5780. The van der Waals surface area contributed by atoms with Crippen LogP contribution in [0.15, 0.2) is 334 Å². The van der Waals surface area contributed by atoms with Gasteiger partial charge in [-0.15, -0.1) is 0 Å². The molecule has 1 heterocycles. The average molecular weight is 1160 g/mol. The molecule has 1 aliphatic carbocycles. The second-order valence-corrected chi connectivity index (χ2v) is 25.1. The molecule has 0 atom stereocenters. The van der Waals surface area contributed by atoms with Gasteiger partial charge >= 0.3 is 0 Å². The van der Waals surface area contributed by atoms with Crippen LogP contribution in [-0.4, -0.2) is 4.57 Å². The molecule has 0 N–H and O–H groups in total. The predicted octanol–water partition coefficient (Wildman–Crippen LogP) is 24.9. The van der Waals surface area contributed by atoms with Crippen LogP contribution in [0, 0.1) is 0 Å². The van der Waals surface area contributed by atoms with E-state index in [9.17, 15) is 0 Å². The van der Waals surface area contributed by atoms with Crippen molar-refractivity contribution in [2.45, 2.75) is 6.42 Å². The number of fused-ring (bicyclic) bond motifs is 15. The second kappa shape index (κ2) is 20.9. The van der Waals surface area contributed by atoms with Gasteiger partial charge in [0.1, 0.15) is 0 Å². The molecule has 0 aliphatic heterocycles. The maximum atomic E-state index is 2.50. The lowest BCUT2D eigenvalue weighted by molar-refractivity contribution is 1.16. The van der Waals surface area contributed by atoms with Crippen LogP contribution < -0.4 is 0 Å². The van der Waals surface area contributed by atoms with E-state index in [0.717, 1.165) is 6.42 Å². The molecule has 19 rings (SSSR count). The van der Waals surface area contributed by atoms with Gasteiger partial charge in [-0.2, -0.15) is 0 Å². The fourth-order valence-corrected chi connectivity index (χ4v) is 15.4. The summed E-state index contributed by atoms with van der Waals surface area (Å²) < 4.78 is 2.50. The molecule has 0 fully saturated rings. The average Bonchev–Trinajstić information content (AvgIpc) is 1.56. The van der Waals surface area contributed by atoms with Crippen LogP contribution >= 0.6 is 0 Å². The van der Waals surface area contributed by atoms with Crippen molar-refractivity contribution in [3.8, 4) is 94.7 Å². The molecule has 0 saturated carbocycles. The molecule has 0 spiro atoms. The van der Waals surface area contributed by atoms with Crippen molar-refractivity contribution in [2.75, 3.05) is 0 Å². The Morgan fingerprint density at radius 1 is 0.174 bits per heavy atom. The van der Waals surface area contributed by atoms with Crippen molar-refractivity contribution in [1.29, 1.82) is 0 Å². The molecule has 0 amide bonds. The molecule has 0 saturated heterocycles. The van der Waals surface area contributed by atoms with Crippen molar-refractivity contribution in [2.24, 2.45) is 0 Å². The zero-order chi connectivity index (χ0) is 60.4. The van der Waals surface area contributed by atoms with Gasteiger partial charge in [-0.25, -0.2) is 0 Å². The molecule has 0 bridgehead atoms. The number of hydrogen-bond acceptors (Lipinski definition) is 0. The van der Waals surface area contributed by atoms with E-state index in [1.165, 1.54) is 192 Å².